The molecule has 0 saturated carbocycles. The number of halogens is 2. The molecule has 3 N–H and O–H groups in total. The van der Waals surface area contributed by atoms with E-state index in [0.717, 1.165) is 12.1 Å². The lowest BCUT2D eigenvalue weighted by Crippen LogP contribution is -2.37. The third-order valence-corrected chi connectivity index (χ3v) is 1.88. The molecule has 1 aromatic carbocycles. The number of carbonyl (C=O) groups is 1. The minimum absolute atomic E-state index is 0.00644. The Balaban J connectivity index is 2.62. The highest BCUT2D eigenvalue weighted by molar-refractivity contribution is 5.80. The molecule has 0 fully saturated rings. The number of nitrogens with one attached hydrogen (secondary N) is 1. The minimum atomic E-state index is -0.681. The Hall–Kier alpha value is -1.49. The Kier molecular flexibility index (Phi) is 3.74. The van der Waals surface area contributed by atoms with Crippen LogP contribution in [0, 0.1) is 11.6 Å². The second-order valence-electron chi connectivity index (χ2n) is 3.24. The number of hydrogen-bond acceptors (Lipinski definition) is 2. The zero-order chi connectivity index (χ0) is 11.4. The van der Waals surface area contributed by atoms with Crippen LogP contribution in [0.1, 0.15) is 12.5 Å². The molecule has 1 amide bonds. The van der Waals surface area contributed by atoms with Crippen LogP contribution >= 0.6 is 0 Å². The first-order chi connectivity index (χ1) is 7.00. The van der Waals surface area contributed by atoms with E-state index in [1.54, 1.807) is 0 Å². The van der Waals surface area contributed by atoms with Gasteiger partial charge < -0.3 is 11.1 Å². The average Bonchev–Trinajstić information content (AvgIpc) is 2.15. The molecule has 5 heteroatoms. The van der Waals surface area contributed by atoms with Crippen molar-refractivity contribution in [3.63, 3.8) is 0 Å². The Morgan fingerprint density at radius 1 is 1.53 bits per heavy atom. The molecule has 0 spiro atoms. The minimum Gasteiger partial charge on any atom is -0.351 e. The van der Waals surface area contributed by atoms with Crippen molar-refractivity contribution in [3.05, 3.63) is 35.4 Å². The van der Waals surface area contributed by atoms with Crippen LogP contribution in [0.15, 0.2) is 18.2 Å². The molecule has 0 radical (unpaired) electrons. The fourth-order valence-corrected chi connectivity index (χ4v) is 1.01. The van der Waals surface area contributed by atoms with Crippen LogP contribution in [-0.2, 0) is 11.3 Å². The number of benzene rings is 1. The van der Waals surface area contributed by atoms with Crippen LogP contribution in [0.4, 0.5) is 8.78 Å². The Morgan fingerprint density at radius 3 is 2.73 bits per heavy atom. The predicted octanol–water partition coefficient (Wildman–Crippen LogP) is 0.928. The average molecular weight is 214 g/mol. The number of amides is 1. The molecule has 0 aliphatic heterocycles. The molecule has 1 aromatic rings. The van der Waals surface area contributed by atoms with E-state index in [1.807, 2.05) is 0 Å². The molecule has 3 nitrogen and oxygen atoms in total. The van der Waals surface area contributed by atoms with Gasteiger partial charge in [0.25, 0.3) is 0 Å². The largest absolute Gasteiger partial charge is 0.351 e. The highest BCUT2D eigenvalue weighted by Crippen LogP contribution is 2.08. The van der Waals surface area contributed by atoms with Gasteiger partial charge in [-0.15, -0.1) is 0 Å². The number of nitrogens with two attached hydrogens (primary N) is 1. The molecule has 0 heterocycles. The molecule has 82 valence electrons. The van der Waals surface area contributed by atoms with Gasteiger partial charge >= 0.3 is 0 Å². The van der Waals surface area contributed by atoms with Gasteiger partial charge in [-0.05, 0) is 13.0 Å². The number of hydrogen-bond donors (Lipinski definition) is 2. The van der Waals surface area contributed by atoms with Gasteiger partial charge in [0.05, 0.1) is 6.04 Å². The second-order valence-corrected chi connectivity index (χ2v) is 3.24. The summed E-state index contributed by atoms with van der Waals surface area (Å²) in [4.78, 5) is 11.1. The molecule has 0 bridgehead atoms. The molecular weight excluding hydrogens is 202 g/mol. The summed E-state index contributed by atoms with van der Waals surface area (Å²) in [5, 5.41) is 2.43. The molecule has 0 aromatic heterocycles. The summed E-state index contributed by atoms with van der Waals surface area (Å²) in [6.07, 6.45) is 0. The van der Waals surface area contributed by atoms with E-state index in [-0.39, 0.29) is 18.0 Å². The molecule has 0 aliphatic rings. The number of carbonyl (C=O) groups excluding carboxylic acids is 1. The normalized spacial score (nSPS) is 12.3. The van der Waals surface area contributed by atoms with Gasteiger partial charge in [0.2, 0.25) is 5.91 Å². The van der Waals surface area contributed by atoms with Gasteiger partial charge in [-0.25, -0.2) is 8.78 Å². The topological polar surface area (TPSA) is 55.1 Å². The molecule has 15 heavy (non-hydrogen) atoms. The summed E-state index contributed by atoms with van der Waals surface area (Å²) in [5.74, 6) is -1.70. The third-order valence-electron chi connectivity index (χ3n) is 1.88. The van der Waals surface area contributed by atoms with Crippen LogP contribution in [0.2, 0.25) is 0 Å². The smallest absolute Gasteiger partial charge is 0.236 e. The van der Waals surface area contributed by atoms with Gasteiger partial charge in [0.1, 0.15) is 11.6 Å². The molecule has 0 aliphatic carbocycles. The Morgan fingerprint density at radius 2 is 2.20 bits per heavy atom. The maximum absolute atomic E-state index is 13.1. The lowest BCUT2D eigenvalue weighted by atomic mass is 10.2. The lowest BCUT2D eigenvalue weighted by Gasteiger charge is -2.08. The van der Waals surface area contributed by atoms with E-state index in [4.69, 9.17) is 5.73 Å². The van der Waals surface area contributed by atoms with Crippen molar-refractivity contribution in [1.29, 1.82) is 0 Å². The predicted molar refractivity (Wildman–Crippen MR) is 51.9 cm³/mol. The highest BCUT2D eigenvalue weighted by Gasteiger charge is 2.08. The molecular formula is C10H12F2N2O. The van der Waals surface area contributed by atoms with E-state index in [0.29, 0.717) is 0 Å². The summed E-state index contributed by atoms with van der Waals surface area (Å²) in [7, 11) is 0. The van der Waals surface area contributed by atoms with E-state index < -0.39 is 17.7 Å². The summed E-state index contributed by atoms with van der Waals surface area (Å²) >= 11 is 0. The Bertz CT molecular complexity index is 366. The van der Waals surface area contributed by atoms with Gasteiger partial charge in [0, 0.05) is 18.2 Å². The quantitative estimate of drug-likeness (QED) is 0.786. The summed E-state index contributed by atoms with van der Waals surface area (Å²) in [5.41, 5.74) is 5.52. The summed E-state index contributed by atoms with van der Waals surface area (Å²) in [6.45, 7) is 1.53. The van der Waals surface area contributed by atoms with Gasteiger partial charge in [0.15, 0.2) is 0 Å². The third kappa shape index (κ3) is 3.28. The zero-order valence-electron chi connectivity index (χ0n) is 8.26. The van der Waals surface area contributed by atoms with Crippen molar-refractivity contribution in [2.24, 2.45) is 5.73 Å². The van der Waals surface area contributed by atoms with Crippen LogP contribution in [0.5, 0.6) is 0 Å². The maximum Gasteiger partial charge on any atom is 0.236 e. The summed E-state index contributed by atoms with van der Waals surface area (Å²) in [6, 6.07) is 2.55. The van der Waals surface area contributed by atoms with Crippen molar-refractivity contribution >= 4 is 5.91 Å². The van der Waals surface area contributed by atoms with Crippen LogP contribution in [0.25, 0.3) is 0 Å². The van der Waals surface area contributed by atoms with Crippen molar-refractivity contribution in [1.82, 2.24) is 5.32 Å². The standard InChI is InChI=1S/C10H12F2N2O/c1-6(13)10(15)14-5-7-2-3-8(11)4-9(7)12/h2-4,6H,5,13H2,1H3,(H,14,15)/t6-/m0/s1. The molecule has 0 unspecified atom stereocenters. The Labute approximate surface area is 86.3 Å². The molecule has 1 rings (SSSR count). The first kappa shape index (κ1) is 11.6. The SMILES string of the molecule is C[C@H](N)C(=O)NCc1ccc(F)cc1F. The fraction of sp³-hybridized carbons (Fsp3) is 0.300. The van der Waals surface area contributed by atoms with Crippen LogP contribution in [0.3, 0.4) is 0 Å². The lowest BCUT2D eigenvalue weighted by molar-refractivity contribution is -0.122. The van der Waals surface area contributed by atoms with Crippen molar-refractivity contribution in [2.45, 2.75) is 19.5 Å². The van der Waals surface area contributed by atoms with Crippen LogP contribution in [-0.4, -0.2) is 11.9 Å². The molecule has 0 saturated heterocycles. The highest BCUT2D eigenvalue weighted by atomic mass is 19.1. The monoisotopic (exact) mass is 214 g/mol. The molecule has 1 atom stereocenters. The van der Waals surface area contributed by atoms with E-state index in [1.165, 1.54) is 13.0 Å². The zero-order valence-corrected chi connectivity index (χ0v) is 8.26. The van der Waals surface area contributed by atoms with Gasteiger partial charge in [-0.3, -0.25) is 4.79 Å². The van der Waals surface area contributed by atoms with Crippen molar-refractivity contribution in [2.75, 3.05) is 0 Å². The number of rotatable bonds is 3. The van der Waals surface area contributed by atoms with Crippen molar-refractivity contribution < 1.29 is 13.6 Å². The van der Waals surface area contributed by atoms with Gasteiger partial charge in [-0.2, -0.15) is 0 Å². The first-order valence-electron chi connectivity index (χ1n) is 4.48. The van der Waals surface area contributed by atoms with Crippen molar-refractivity contribution in [3.8, 4) is 0 Å². The van der Waals surface area contributed by atoms with Gasteiger partial charge in [-0.1, -0.05) is 6.07 Å². The van der Waals surface area contributed by atoms with Crippen LogP contribution < -0.4 is 11.1 Å². The van der Waals surface area contributed by atoms with E-state index in [9.17, 15) is 13.6 Å². The second kappa shape index (κ2) is 4.84. The fourth-order valence-electron chi connectivity index (χ4n) is 1.01. The first-order valence-corrected chi connectivity index (χ1v) is 4.48. The maximum atomic E-state index is 13.1. The summed E-state index contributed by atoms with van der Waals surface area (Å²) < 4.78 is 25.6. The van der Waals surface area contributed by atoms with E-state index in [2.05, 4.69) is 5.32 Å². The van der Waals surface area contributed by atoms with E-state index >= 15 is 0 Å².